The van der Waals surface area contributed by atoms with Gasteiger partial charge in [-0.15, -0.1) is 0 Å². The number of benzene rings is 1. The second-order valence-electron chi connectivity index (χ2n) is 4.10. The van der Waals surface area contributed by atoms with Gasteiger partial charge >= 0.3 is 0 Å². The lowest BCUT2D eigenvalue weighted by atomic mass is 10.2. The van der Waals surface area contributed by atoms with Crippen LogP contribution in [-0.4, -0.2) is 24.1 Å². The quantitative estimate of drug-likeness (QED) is 0.910. The molecule has 0 aromatic heterocycles. The molecular formula is C13H17FN2OS. The highest BCUT2D eigenvalue weighted by molar-refractivity contribution is 8.14. The second-order valence-corrected chi connectivity index (χ2v) is 5.19. The maximum absolute atomic E-state index is 13.7. The third-order valence-corrected chi connectivity index (χ3v) is 3.80. The molecule has 0 saturated heterocycles. The molecule has 98 valence electrons. The zero-order chi connectivity index (χ0) is 13.0. The fourth-order valence-electron chi connectivity index (χ4n) is 1.77. The van der Waals surface area contributed by atoms with E-state index in [1.807, 2.05) is 0 Å². The van der Waals surface area contributed by atoms with Crippen molar-refractivity contribution in [3.05, 3.63) is 24.0 Å². The zero-order valence-electron chi connectivity index (χ0n) is 10.6. The number of thioether (sulfide) groups is 1. The number of amidine groups is 1. The first-order valence-electron chi connectivity index (χ1n) is 6.04. The van der Waals surface area contributed by atoms with Crippen LogP contribution in [-0.2, 0) is 0 Å². The molecule has 1 N–H and O–H groups in total. The third-order valence-electron chi connectivity index (χ3n) is 2.88. The van der Waals surface area contributed by atoms with Gasteiger partial charge in [0.25, 0.3) is 0 Å². The predicted octanol–water partition coefficient (Wildman–Crippen LogP) is 3.52. The van der Waals surface area contributed by atoms with Crippen LogP contribution in [0.4, 0.5) is 10.1 Å². The van der Waals surface area contributed by atoms with E-state index in [9.17, 15) is 4.39 Å². The van der Waals surface area contributed by atoms with Crippen LogP contribution in [0.1, 0.15) is 19.8 Å². The van der Waals surface area contributed by atoms with Crippen molar-refractivity contribution in [2.24, 2.45) is 4.99 Å². The maximum atomic E-state index is 13.7. The van der Waals surface area contributed by atoms with Crippen molar-refractivity contribution in [3.63, 3.8) is 0 Å². The van der Waals surface area contributed by atoms with Crippen LogP contribution in [0, 0.1) is 5.82 Å². The number of methoxy groups -OCH3 is 1. The number of ether oxygens (including phenoxy) is 1. The molecule has 0 saturated carbocycles. The molecule has 1 aromatic rings. The Bertz CT molecular complexity index is 451. The monoisotopic (exact) mass is 268 g/mol. The molecule has 0 aliphatic carbocycles. The average molecular weight is 268 g/mol. The summed E-state index contributed by atoms with van der Waals surface area (Å²) in [5.41, 5.74) is 0.414. The first kappa shape index (κ1) is 13.2. The van der Waals surface area contributed by atoms with E-state index in [2.05, 4.69) is 17.2 Å². The number of anilines is 1. The first-order chi connectivity index (χ1) is 8.72. The number of halogens is 1. The van der Waals surface area contributed by atoms with Gasteiger partial charge in [0.1, 0.15) is 11.6 Å². The lowest BCUT2D eigenvalue weighted by Gasteiger charge is -2.19. The van der Waals surface area contributed by atoms with E-state index >= 15 is 0 Å². The standard InChI is InChI=1S/C13H17FN2OS/c1-3-9-6-7-18-13(15-9)16-12-8-10(17-2)4-5-11(12)14/h4-5,8-9H,3,6-7H2,1-2H3,(H,15,16). The van der Waals surface area contributed by atoms with Gasteiger partial charge in [-0.3, -0.25) is 4.99 Å². The summed E-state index contributed by atoms with van der Waals surface area (Å²) in [5.74, 6) is 1.36. The minimum absolute atomic E-state index is 0.294. The summed E-state index contributed by atoms with van der Waals surface area (Å²) in [6, 6.07) is 4.99. The number of nitrogens with zero attached hydrogens (tertiary/aromatic N) is 1. The minimum atomic E-state index is -0.294. The molecule has 18 heavy (non-hydrogen) atoms. The number of aliphatic imine (C=N–C) groups is 1. The number of nitrogens with one attached hydrogen (secondary N) is 1. The highest BCUT2D eigenvalue weighted by Gasteiger charge is 2.15. The molecule has 5 heteroatoms. The zero-order valence-corrected chi connectivity index (χ0v) is 11.4. The van der Waals surface area contributed by atoms with E-state index in [4.69, 9.17) is 4.74 Å². The highest BCUT2D eigenvalue weighted by atomic mass is 32.2. The van der Waals surface area contributed by atoms with E-state index in [1.54, 1.807) is 31.0 Å². The first-order valence-corrected chi connectivity index (χ1v) is 7.02. The molecule has 1 atom stereocenters. The van der Waals surface area contributed by atoms with Crippen LogP contribution < -0.4 is 10.1 Å². The summed E-state index contributed by atoms with van der Waals surface area (Å²) < 4.78 is 18.7. The Balaban J connectivity index is 2.15. The SMILES string of the molecule is CCC1CCSC(Nc2cc(OC)ccc2F)=N1. The van der Waals surface area contributed by atoms with Crippen molar-refractivity contribution in [1.82, 2.24) is 0 Å². The summed E-state index contributed by atoms with van der Waals surface area (Å²) in [5, 5.41) is 3.84. The summed E-state index contributed by atoms with van der Waals surface area (Å²) in [7, 11) is 1.57. The van der Waals surface area contributed by atoms with Crippen LogP contribution in [0.3, 0.4) is 0 Å². The molecule has 3 nitrogen and oxygen atoms in total. The Labute approximate surface area is 111 Å². The normalized spacial score (nSPS) is 19.3. The molecule has 1 aliphatic rings. The summed E-state index contributed by atoms with van der Waals surface area (Å²) in [6.45, 7) is 2.12. The lowest BCUT2D eigenvalue weighted by molar-refractivity contribution is 0.414. The fourth-order valence-corrected chi connectivity index (χ4v) is 2.75. The summed E-state index contributed by atoms with van der Waals surface area (Å²) in [4.78, 5) is 4.55. The van der Waals surface area contributed by atoms with Gasteiger partial charge in [-0.05, 0) is 25.0 Å². The van der Waals surface area contributed by atoms with E-state index in [0.29, 0.717) is 17.5 Å². The molecule has 0 amide bonds. The highest BCUT2D eigenvalue weighted by Crippen LogP contribution is 2.25. The van der Waals surface area contributed by atoms with Crippen molar-refractivity contribution < 1.29 is 9.13 Å². The molecule has 2 rings (SSSR count). The van der Waals surface area contributed by atoms with Gasteiger partial charge < -0.3 is 10.1 Å². The molecule has 1 aliphatic heterocycles. The van der Waals surface area contributed by atoms with Crippen molar-refractivity contribution >= 4 is 22.6 Å². The molecule has 0 radical (unpaired) electrons. The van der Waals surface area contributed by atoms with Crippen LogP contribution in [0.2, 0.25) is 0 Å². The van der Waals surface area contributed by atoms with E-state index in [1.165, 1.54) is 6.07 Å². The van der Waals surface area contributed by atoms with Gasteiger partial charge in [-0.25, -0.2) is 4.39 Å². The molecule has 0 bridgehead atoms. The van der Waals surface area contributed by atoms with Gasteiger partial charge in [0.2, 0.25) is 0 Å². The molecule has 0 fully saturated rings. The molecular weight excluding hydrogens is 251 g/mol. The van der Waals surface area contributed by atoms with Gasteiger partial charge in [0, 0.05) is 11.8 Å². The largest absolute Gasteiger partial charge is 0.497 e. The van der Waals surface area contributed by atoms with Gasteiger partial charge in [0.15, 0.2) is 5.17 Å². The topological polar surface area (TPSA) is 33.6 Å². The van der Waals surface area contributed by atoms with Crippen molar-refractivity contribution in [2.75, 3.05) is 18.2 Å². The number of hydrogen-bond acceptors (Lipinski definition) is 4. The van der Waals surface area contributed by atoms with Crippen LogP contribution in [0.15, 0.2) is 23.2 Å². The summed E-state index contributed by atoms with van der Waals surface area (Å²) >= 11 is 1.63. The Morgan fingerprint density at radius 2 is 2.39 bits per heavy atom. The number of rotatable bonds is 3. The predicted molar refractivity (Wildman–Crippen MR) is 75.2 cm³/mol. The van der Waals surface area contributed by atoms with Crippen molar-refractivity contribution in [1.29, 1.82) is 0 Å². The fraction of sp³-hybridized carbons (Fsp3) is 0.462. The smallest absolute Gasteiger partial charge is 0.161 e. The van der Waals surface area contributed by atoms with E-state index in [0.717, 1.165) is 23.8 Å². The van der Waals surface area contributed by atoms with E-state index in [-0.39, 0.29) is 5.82 Å². The van der Waals surface area contributed by atoms with Gasteiger partial charge in [0.05, 0.1) is 18.8 Å². The van der Waals surface area contributed by atoms with Crippen molar-refractivity contribution in [2.45, 2.75) is 25.8 Å². The molecule has 0 spiro atoms. The molecule has 1 unspecified atom stereocenters. The molecule has 1 heterocycles. The Kier molecular flexibility index (Phi) is 4.47. The minimum Gasteiger partial charge on any atom is -0.497 e. The Morgan fingerprint density at radius 1 is 1.56 bits per heavy atom. The summed E-state index contributed by atoms with van der Waals surface area (Å²) in [6.07, 6.45) is 2.11. The molecule has 1 aromatic carbocycles. The van der Waals surface area contributed by atoms with Crippen molar-refractivity contribution in [3.8, 4) is 5.75 Å². The van der Waals surface area contributed by atoms with Crippen LogP contribution >= 0.6 is 11.8 Å². The average Bonchev–Trinajstić information content (AvgIpc) is 2.41. The van der Waals surface area contributed by atoms with Crippen LogP contribution in [0.5, 0.6) is 5.75 Å². The third kappa shape index (κ3) is 3.16. The Morgan fingerprint density at radius 3 is 3.11 bits per heavy atom. The number of hydrogen-bond donors (Lipinski definition) is 1. The maximum Gasteiger partial charge on any atom is 0.161 e. The van der Waals surface area contributed by atoms with Gasteiger partial charge in [-0.2, -0.15) is 0 Å². The van der Waals surface area contributed by atoms with Gasteiger partial charge in [-0.1, -0.05) is 18.7 Å². The Hall–Kier alpha value is -1.23. The lowest BCUT2D eigenvalue weighted by Crippen LogP contribution is -2.20. The van der Waals surface area contributed by atoms with Crippen LogP contribution in [0.25, 0.3) is 0 Å². The van der Waals surface area contributed by atoms with E-state index < -0.39 is 0 Å². The second kappa shape index (κ2) is 6.09.